The third-order valence-corrected chi connectivity index (χ3v) is 12.6. The van der Waals surface area contributed by atoms with Crippen molar-refractivity contribution in [3.63, 3.8) is 0 Å². The van der Waals surface area contributed by atoms with E-state index < -0.39 is 96.4 Å². The lowest BCUT2D eigenvalue weighted by Crippen LogP contribution is -2.39. The number of alkyl halides is 8. The first-order valence-electron chi connectivity index (χ1n) is 22.4. The van der Waals surface area contributed by atoms with Crippen LogP contribution in [-0.2, 0) is 46.8 Å². The lowest BCUT2D eigenvalue weighted by Gasteiger charge is -2.27. The zero-order valence-electron chi connectivity index (χ0n) is 42.2. The Balaban J connectivity index is 0.000000226. The summed E-state index contributed by atoms with van der Waals surface area (Å²) in [5.74, 6) is -1.01. The molecule has 1 atom stereocenters. The maximum absolute atomic E-state index is 13.1. The van der Waals surface area contributed by atoms with Crippen molar-refractivity contribution in [3.8, 4) is 11.6 Å². The topological polar surface area (TPSA) is 224 Å². The molecule has 0 spiro atoms. The normalized spacial score (nSPS) is 11.7. The molecule has 0 aliphatic rings. The van der Waals surface area contributed by atoms with Crippen molar-refractivity contribution in [2.45, 2.75) is 44.8 Å². The van der Waals surface area contributed by atoms with Crippen molar-refractivity contribution in [1.29, 1.82) is 0 Å². The van der Waals surface area contributed by atoms with E-state index in [0.717, 1.165) is 26.1 Å². The lowest BCUT2D eigenvalue weighted by molar-refractivity contribution is -0.392. The van der Waals surface area contributed by atoms with E-state index in [2.05, 4.69) is 15.2 Å². The van der Waals surface area contributed by atoms with Gasteiger partial charge in [0.25, 0.3) is 12.3 Å². The number of anilines is 3. The second-order valence-corrected chi connectivity index (χ2v) is 18.7. The molecule has 2 amide bonds. The predicted molar refractivity (Wildman–Crippen MR) is 285 cm³/mol. The van der Waals surface area contributed by atoms with Gasteiger partial charge in [0.05, 0.1) is 70.3 Å². The predicted octanol–water partition coefficient (Wildman–Crippen LogP) is 15.2. The van der Waals surface area contributed by atoms with Crippen LogP contribution in [0.2, 0.25) is 30.1 Å². The van der Waals surface area contributed by atoms with Crippen LogP contribution in [0.15, 0.2) is 97.5 Å². The van der Waals surface area contributed by atoms with Crippen LogP contribution in [0.25, 0.3) is 5.69 Å². The molecular formula is C48H38Cl6F8N10O10. The fraction of sp³-hybridized carbons (Fsp3) is 0.229. The van der Waals surface area contributed by atoms with Gasteiger partial charge in [-0.25, -0.2) is 28.3 Å². The number of aryl methyl sites for hydroxylation is 1. The second kappa shape index (κ2) is 28.1. The van der Waals surface area contributed by atoms with E-state index >= 15 is 0 Å². The molecule has 0 fully saturated rings. The van der Waals surface area contributed by atoms with Crippen LogP contribution >= 0.6 is 69.6 Å². The molecule has 1 N–H and O–H groups in total. The van der Waals surface area contributed by atoms with Crippen LogP contribution in [0.5, 0.6) is 5.88 Å². The number of para-hydroxylation sites is 1. The van der Waals surface area contributed by atoms with Gasteiger partial charge in [0.15, 0.2) is 5.69 Å². The summed E-state index contributed by atoms with van der Waals surface area (Å²) in [5.41, 5.74) is -5.39. The fourth-order valence-electron chi connectivity index (χ4n) is 7.10. The van der Waals surface area contributed by atoms with Crippen LogP contribution in [0.1, 0.15) is 51.7 Å². The zero-order chi connectivity index (χ0) is 61.1. The van der Waals surface area contributed by atoms with E-state index in [4.69, 9.17) is 88.8 Å². The second-order valence-electron chi connectivity index (χ2n) is 16.2. The van der Waals surface area contributed by atoms with E-state index in [1.54, 1.807) is 48.1 Å². The third-order valence-electron chi connectivity index (χ3n) is 10.8. The van der Waals surface area contributed by atoms with Crippen molar-refractivity contribution in [3.05, 3.63) is 181 Å². The Hall–Kier alpha value is -7.31. The van der Waals surface area contributed by atoms with Crippen molar-refractivity contribution in [2.75, 3.05) is 31.7 Å². The summed E-state index contributed by atoms with van der Waals surface area (Å²) in [6.45, 7) is 1.88. The van der Waals surface area contributed by atoms with Crippen LogP contribution in [-0.4, -0.2) is 78.8 Å². The number of rotatable bonds is 16. The number of methoxy groups -OCH3 is 1. The highest BCUT2D eigenvalue weighted by atomic mass is 35.5. The first kappa shape index (κ1) is 65.5. The van der Waals surface area contributed by atoms with Gasteiger partial charge in [-0.15, -0.1) is 5.10 Å². The van der Waals surface area contributed by atoms with Gasteiger partial charge in [0.1, 0.15) is 23.1 Å². The summed E-state index contributed by atoms with van der Waals surface area (Å²) in [4.78, 5) is 57.7. The van der Waals surface area contributed by atoms with Crippen molar-refractivity contribution in [2.24, 2.45) is 7.05 Å². The molecule has 438 valence electrons. The van der Waals surface area contributed by atoms with Crippen LogP contribution in [0.3, 0.4) is 0 Å². The molecule has 0 radical (unpaired) electrons. The number of nitro groups is 2. The molecule has 7 aromatic rings. The van der Waals surface area contributed by atoms with Gasteiger partial charge in [-0.2, -0.15) is 36.5 Å². The smallest absolute Gasteiger partial charge is 0.438 e. The number of aromatic nitrogens is 5. The van der Waals surface area contributed by atoms with Crippen LogP contribution in [0.4, 0.5) is 68.5 Å². The number of nitrogens with zero attached hydrogens (tertiary/aromatic N) is 9. The highest BCUT2D eigenvalue weighted by molar-refractivity contribution is 6.39. The van der Waals surface area contributed by atoms with Gasteiger partial charge in [-0.1, -0.05) is 87.8 Å². The Bertz CT molecular complexity index is 3430. The monoisotopic (exact) mass is 1280 g/mol. The van der Waals surface area contributed by atoms with E-state index in [9.17, 15) is 64.9 Å². The maximum Gasteiger partial charge on any atom is 0.438 e. The summed E-state index contributed by atoms with van der Waals surface area (Å²) in [6.07, 6.45) is -10.1. The number of amides is 2. The highest BCUT2D eigenvalue weighted by Gasteiger charge is 2.43. The van der Waals surface area contributed by atoms with Gasteiger partial charge in [0, 0.05) is 63.4 Å². The minimum Gasteiger partial charge on any atom is -0.472 e. The standard InChI is InChI=1S/C19H18ClN3O4.C16H16Cl3F2N3O2.C13H4Cl2F6N4O4/c1-25-19(24)23(26-2)17-6-4-3-5-14(17)13-27-18-11-12-22(21-18)16-9-7-15(20)8-10-16;1-8(4-10-12(18)5-9(17)6-13(10)19)24(26-3)16(25)11-7-23(2)22-14(11)15(20)21;14-6-1-4(12(16,17)18)3-22-11(6)23-9-7(24(26)27)2-5(13(19,20)21)8(15)10(9)25(28)29/h3-12H,13H2,1-2H3;5-8,15H,4H2,1-3H3;1-3H,(H,22,23). The molecule has 0 bridgehead atoms. The minimum atomic E-state index is -5.27. The number of hydrogen-bond acceptors (Lipinski definition) is 14. The van der Waals surface area contributed by atoms with Crippen molar-refractivity contribution >= 4 is 110 Å². The number of nitrogens with one attached hydrogen (secondary N) is 1. The molecule has 34 heteroatoms. The summed E-state index contributed by atoms with van der Waals surface area (Å²) < 4.78 is 117. The molecule has 7 rings (SSSR count). The highest BCUT2D eigenvalue weighted by Crippen LogP contribution is 2.49. The molecule has 20 nitrogen and oxygen atoms in total. The van der Waals surface area contributed by atoms with Gasteiger partial charge >= 0.3 is 29.8 Å². The number of hydrogen-bond donors (Lipinski definition) is 1. The number of carbonyl (C=O) groups excluding carboxylic acids is 2. The molecule has 82 heavy (non-hydrogen) atoms. The summed E-state index contributed by atoms with van der Waals surface area (Å²) in [7, 11) is 5.41. The van der Waals surface area contributed by atoms with Crippen LogP contribution < -0.4 is 15.1 Å². The number of pyridine rings is 1. The molecule has 3 heterocycles. The average molecular weight is 1280 g/mol. The number of benzene rings is 4. The SMILES string of the molecule is COC(=O)N(OC)c1ccccc1COc1ccn(-c2ccc(Cl)cc2)n1.CON(C(=O)c1cn(C)nc1C(F)F)C(C)Cc1c(Cl)cc(Cl)cc1Cl.O=[N+]([O-])c1cc(C(F)(F)F)c(Cl)c([N+](=O)[O-])c1Nc1ncc(C(F)(F)F)cc1Cl. The maximum atomic E-state index is 13.1. The van der Waals surface area contributed by atoms with Crippen molar-refractivity contribution < 1.29 is 73.7 Å². The fourth-order valence-corrected chi connectivity index (χ4v) is 8.73. The number of hydroxylamine groups is 3. The molecule has 0 saturated heterocycles. The van der Waals surface area contributed by atoms with Crippen LogP contribution in [0, 0.1) is 20.2 Å². The van der Waals surface area contributed by atoms with E-state index in [-0.39, 0.29) is 30.9 Å². The summed E-state index contributed by atoms with van der Waals surface area (Å²) in [6, 6.07) is 19.1. The largest absolute Gasteiger partial charge is 0.472 e. The minimum absolute atomic E-state index is 0.0599. The first-order valence-corrected chi connectivity index (χ1v) is 24.7. The summed E-state index contributed by atoms with van der Waals surface area (Å²) in [5, 5.41) is 33.9. The number of ether oxygens (including phenoxy) is 2. The van der Waals surface area contributed by atoms with E-state index in [1.165, 1.54) is 46.7 Å². The van der Waals surface area contributed by atoms with Gasteiger partial charge in [-0.05, 0) is 67.4 Å². The van der Waals surface area contributed by atoms with E-state index in [0.29, 0.717) is 43.3 Å². The molecule has 1 unspecified atom stereocenters. The summed E-state index contributed by atoms with van der Waals surface area (Å²) >= 11 is 35.2. The quantitative estimate of drug-likeness (QED) is 0.0540. The molecule has 0 saturated carbocycles. The van der Waals surface area contributed by atoms with Gasteiger partial charge < -0.3 is 14.8 Å². The lowest BCUT2D eigenvalue weighted by atomic mass is 10.1. The Kier molecular flexibility index (Phi) is 22.5. The molecular weight excluding hydrogens is 1240 g/mol. The molecule has 4 aromatic carbocycles. The van der Waals surface area contributed by atoms with Gasteiger partial charge in [-0.3, -0.25) is 39.4 Å². The van der Waals surface area contributed by atoms with E-state index in [1.807, 2.05) is 29.6 Å². The molecule has 3 aromatic heterocycles. The number of halogens is 14. The zero-order valence-corrected chi connectivity index (χ0v) is 46.7. The van der Waals surface area contributed by atoms with Gasteiger partial charge in [0.2, 0.25) is 5.88 Å². The first-order chi connectivity index (χ1) is 38.4. The Morgan fingerprint density at radius 2 is 1.44 bits per heavy atom. The number of carbonyl (C=O) groups is 2. The third kappa shape index (κ3) is 16.5. The molecule has 0 aliphatic heterocycles. The Labute approximate surface area is 487 Å². The number of nitro benzene ring substituents is 2. The Morgan fingerprint density at radius 1 is 0.805 bits per heavy atom. The average Bonchev–Trinajstić information content (AvgIpc) is 3.29. The van der Waals surface area contributed by atoms with Crippen molar-refractivity contribution in [1.82, 2.24) is 29.6 Å². The molecule has 0 aliphatic carbocycles. The Morgan fingerprint density at radius 3 is 1.98 bits per heavy atom.